The quantitative estimate of drug-likeness (QED) is 0.792. The fraction of sp³-hybridized carbons (Fsp3) is 0.562. The molecular weight excluding hydrogens is 224 g/mol. The summed E-state index contributed by atoms with van der Waals surface area (Å²) >= 11 is 0. The number of ketones is 1. The number of Topliss-reactive ketones (excluding diaryl/α,β-unsaturated/α-hetero) is 1. The number of carbonyl (C=O) groups is 1. The Morgan fingerprint density at radius 3 is 3.00 bits per heavy atom. The van der Waals surface area contributed by atoms with Gasteiger partial charge >= 0.3 is 0 Å². The minimum atomic E-state index is -0.325. The van der Waals surface area contributed by atoms with Gasteiger partial charge in [-0.15, -0.1) is 0 Å². The summed E-state index contributed by atoms with van der Waals surface area (Å²) in [5.41, 5.74) is 2.35. The van der Waals surface area contributed by atoms with Crippen LogP contribution in [0.2, 0.25) is 0 Å². The molecule has 1 aromatic carbocycles. The Bertz CT molecular complexity index is 411. The second-order valence-corrected chi connectivity index (χ2v) is 5.26. The van der Waals surface area contributed by atoms with E-state index in [1.165, 1.54) is 5.56 Å². The van der Waals surface area contributed by atoms with Crippen molar-refractivity contribution in [1.82, 2.24) is 0 Å². The summed E-state index contributed by atoms with van der Waals surface area (Å²) < 4.78 is 5.70. The maximum Gasteiger partial charge on any atom is 0.166 e. The van der Waals surface area contributed by atoms with Crippen molar-refractivity contribution in [3.05, 3.63) is 35.4 Å². The molecule has 0 bridgehead atoms. The first-order valence-corrected chi connectivity index (χ1v) is 6.94. The normalized spacial score (nSPS) is 20.2. The Labute approximate surface area is 109 Å². The standard InChI is InChI=1S/C16H22O2/c1-3-6-12(2)11-15(17)16-14-8-5-4-7-13(14)9-10-18-16/h4-5,7-8,12,16H,3,6,9-11H2,1-2H3. The van der Waals surface area contributed by atoms with E-state index in [-0.39, 0.29) is 11.9 Å². The summed E-state index contributed by atoms with van der Waals surface area (Å²) in [7, 11) is 0. The van der Waals surface area contributed by atoms with E-state index >= 15 is 0 Å². The molecule has 1 aliphatic rings. The van der Waals surface area contributed by atoms with E-state index in [9.17, 15) is 4.79 Å². The number of hydrogen-bond donors (Lipinski definition) is 0. The molecular formula is C16H22O2. The van der Waals surface area contributed by atoms with E-state index < -0.39 is 0 Å². The monoisotopic (exact) mass is 246 g/mol. The van der Waals surface area contributed by atoms with Gasteiger partial charge in [0.15, 0.2) is 5.78 Å². The lowest BCUT2D eigenvalue weighted by molar-refractivity contribution is -0.132. The predicted octanol–water partition coefficient (Wildman–Crippen LogP) is 3.70. The zero-order valence-corrected chi connectivity index (χ0v) is 11.3. The second-order valence-electron chi connectivity index (χ2n) is 5.26. The smallest absolute Gasteiger partial charge is 0.166 e. The van der Waals surface area contributed by atoms with Gasteiger partial charge in [-0.2, -0.15) is 0 Å². The highest BCUT2D eigenvalue weighted by atomic mass is 16.5. The molecule has 0 saturated carbocycles. The van der Waals surface area contributed by atoms with Crippen LogP contribution in [0.4, 0.5) is 0 Å². The maximum atomic E-state index is 12.3. The lowest BCUT2D eigenvalue weighted by Gasteiger charge is -2.25. The SMILES string of the molecule is CCCC(C)CC(=O)C1OCCc2ccccc21. The highest BCUT2D eigenvalue weighted by Crippen LogP contribution is 2.29. The van der Waals surface area contributed by atoms with Crippen molar-refractivity contribution in [2.75, 3.05) is 6.61 Å². The van der Waals surface area contributed by atoms with Gasteiger partial charge in [-0.05, 0) is 23.5 Å². The van der Waals surface area contributed by atoms with Crippen LogP contribution >= 0.6 is 0 Å². The van der Waals surface area contributed by atoms with Gasteiger partial charge in [0.25, 0.3) is 0 Å². The van der Waals surface area contributed by atoms with Crippen molar-refractivity contribution >= 4 is 5.78 Å². The molecule has 0 radical (unpaired) electrons. The lowest BCUT2D eigenvalue weighted by atomic mass is 9.90. The molecule has 2 heteroatoms. The van der Waals surface area contributed by atoms with Crippen LogP contribution in [0.15, 0.2) is 24.3 Å². The van der Waals surface area contributed by atoms with E-state index in [0.29, 0.717) is 18.9 Å². The molecule has 0 amide bonds. The van der Waals surface area contributed by atoms with Crippen LogP contribution in [-0.2, 0) is 16.0 Å². The van der Waals surface area contributed by atoms with Crippen molar-refractivity contribution in [2.24, 2.45) is 5.92 Å². The molecule has 0 N–H and O–H groups in total. The molecule has 0 aliphatic carbocycles. The number of hydrogen-bond acceptors (Lipinski definition) is 2. The van der Waals surface area contributed by atoms with E-state index in [2.05, 4.69) is 19.9 Å². The minimum Gasteiger partial charge on any atom is -0.365 e. The summed E-state index contributed by atoms with van der Waals surface area (Å²) in [6, 6.07) is 8.16. The average molecular weight is 246 g/mol. The Morgan fingerprint density at radius 1 is 1.44 bits per heavy atom. The van der Waals surface area contributed by atoms with Gasteiger partial charge in [0.1, 0.15) is 6.10 Å². The van der Waals surface area contributed by atoms with Crippen LogP contribution in [0.5, 0.6) is 0 Å². The molecule has 2 rings (SSSR count). The Morgan fingerprint density at radius 2 is 2.22 bits per heavy atom. The van der Waals surface area contributed by atoms with E-state index in [1.54, 1.807) is 0 Å². The summed E-state index contributed by atoms with van der Waals surface area (Å²) in [4.78, 5) is 12.3. The molecule has 0 saturated heterocycles. The van der Waals surface area contributed by atoms with E-state index in [4.69, 9.17) is 4.74 Å². The highest BCUT2D eigenvalue weighted by Gasteiger charge is 2.27. The molecule has 2 atom stereocenters. The second kappa shape index (κ2) is 6.14. The van der Waals surface area contributed by atoms with Crippen LogP contribution in [0.1, 0.15) is 50.3 Å². The third-order valence-corrected chi connectivity index (χ3v) is 3.62. The first-order valence-electron chi connectivity index (χ1n) is 6.94. The Hall–Kier alpha value is -1.15. The van der Waals surface area contributed by atoms with E-state index in [0.717, 1.165) is 24.8 Å². The van der Waals surface area contributed by atoms with Gasteiger partial charge in [-0.3, -0.25) is 4.79 Å². The number of benzene rings is 1. The third kappa shape index (κ3) is 2.99. The molecule has 1 aromatic rings. The summed E-state index contributed by atoms with van der Waals surface area (Å²) in [6.07, 6.45) is 3.47. The predicted molar refractivity (Wildman–Crippen MR) is 72.5 cm³/mol. The molecule has 0 fully saturated rings. The topological polar surface area (TPSA) is 26.3 Å². The van der Waals surface area contributed by atoms with Crippen LogP contribution in [0.25, 0.3) is 0 Å². The largest absolute Gasteiger partial charge is 0.365 e. The van der Waals surface area contributed by atoms with Crippen molar-refractivity contribution in [3.8, 4) is 0 Å². The molecule has 98 valence electrons. The zero-order chi connectivity index (χ0) is 13.0. The van der Waals surface area contributed by atoms with Crippen molar-refractivity contribution < 1.29 is 9.53 Å². The van der Waals surface area contributed by atoms with Gasteiger partial charge < -0.3 is 4.74 Å². The molecule has 2 unspecified atom stereocenters. The number of fused-ring (bicyclic) bond motifs is 1. The van der Waals surface area contributed by atoms with Gasteiger partial charge in [0.2, 0.25) is 0 Å². The number of ether oxygens (including phenoxy) is 1. The fourth-order valence-corrected chi connectivity index (χ4v) is 2.71. The summed E-state index contributed by atoms with van der Waals surface area (Å²) in [5, 5.41) is 0. The molecule has 0 spiro atoms. The van der Waals surface area contributed by atoms with Gasteiger partial charge in [0.05, 0.1) is 6.61 Å². The van der Waals surface area contributed by atoms with E-state index in [1.807, 2.05) is 18.2 Å². The molecule has 1 aliphatic heterocycles. The van der Waals surface area contributed by atoms with Crippen LogP contribution in [0.3, 0.4) is 0 Å². The number of carbonyl (C=O) groups excluding carboxylic acids is 1. The summed E-state index contributed by atoms with van der Waals surface area (Å²) in [5.74, 6) is 0.697. The van der Waals surface area contributed by atoms with Crippen molar-refractivity contribution in [2.45, 2.75) is 45.6 Å². The first kappa shape index (κ1) is 13.3. The fourth-order valence-electron chi connectivity index (χ4n) is 2.71. The molecule has 2 nitrogen and oxygen atoms in total. The van der Waals surface area contributed by atoms with Crippen molar-refractivity contribution in [3.63, 3.8) is 0 Å². The highest BCUT2D eigenvalue weighted by molar-refractivity contribution is 5.85. The third-order valence-electron chi connectivity index (χ3n) is 3.62. The molecule has 0 aromatic heterocycles. The zero-order valence-electron chi connectivity index (χ0n) is 11.3. The molecule has 18 heavy (non-hydrogen) atoms. The molecule has 1 heterocycles. The minimum absolute atomic E-state index is 0.239. The summed E-state index contributed by atoms with van der Waals surface area (Å²) in [6.45, 7) is 4.97. The maximum absolute atomic E-state index is 12.3. The van der Waals surface area contributed by atoms with Gasteiger partial charge in [-0.25, -0.2) is 0 Å². The van der Waals surface area contributed by atoms with Crippen LogP contribution in [-0.4, -0.2) is 12.4 Å². The van der Waals surface area contributed by atoms with Crippen LogP contribution in [0, 0.1) is 5.92 Å². The Balaban J connectivity index is 2.08. The Kier molecular flexibility index (Phi) is 4.54. The van der Waals surface area contributed by atoms with Crippen molar-refractivity contribution in [1.29, 1.82) is 0 Å². The lowest BCUT2D eigenvalue weighted by Crippen LogP contribution is -2.24. The first-order chi connectivity index (χ1) is 8.72. The van der Waals surface area contributed by atoms with Gasteiger partial charge in [0, 0.05) is 6.42 Å². The van der Waals surface area contributed by atoms with Gasteiger partial charge in [-0.1, -0.05) is 51.0 Å². The van der Waals surface area contributed by atoms with Crippen LogP contribution < -0.4 is 0 Å². The average Bonchev–Trinajstić information content (AvgIpc) is 2.38. The number of rotatable bonds is 5.